The van der Waals surface area contributed by atoms with Crippen LogP contribution in [0.2, 0.25) is 0 Å². The summed E-state index contributed by atoms with van der Waals surface area (Å²) in [4.78, 5) is 25.5. The summed E-state index contributed by atoms with van der Waals surface area (Å²) in [5, 5.41) is 2.97. The number of methoxy groups -OCH3 is 2. The van der Waals surface area contributed by atoms with Crippen molar-refractivity contribution in [2.24, 2.45) is 0 Å². The summed E-state index contributed by atoms with van der Waals surface area (Å²) in [6.45, 7) is 5.37. The SMILES string of the molecule is COc1ccc(C(=O)NCCCN2CCN(c3ncccn3)CC2)cc1OC. The first-order valence-electron chi connectivity index (χ1n) is 9.46. The van der Waals surface area contributed by atoms with Crippen molar-refractivity contribution in [3.8, 4) is 11.5 Å². The van der Waals surface area contributed by atoms with Gasteiger partial charge in [-0.25, -0.2) is 9.97 Å². The number of ether oxygens (including phenoxy) is 2. The third-order valence-corrected chi connectivity index (χ3v) is 4.79. The van der Waals surface area contributed by atoms with E-state index in [2.05, 4.69) is 25.1 Å². The van der Waals surface area contributed by atoms with E-state index in [9.17, 15) is 4.79 Å². The Balaban J connectivity index is 1.37. The van der Waals surface area contributed by atoms with Crippen LogP contribution in [0.25, 0.3) is 0 Å². The van der Waals surface area contributed by atoms with Crippen molar-refractivity contribution >= 4 is 11.9 Å². The van der Waals surface area contributed by atoms with E-state index >= 15 is 0 Å². The number of hydrogen-bond donors (Lipinski definition) is 1. The fraction of sp³-hybridized carbons (Fsp3) is 0.450. The van der Waals surface area contributed by atoms with Crippen molar-refractivity contribution in [1.82, 2.24) is 20.2 Å². The lowest BCUT2D eigenvalue weighted by atomic mass is 10.2. The first-order chi connectivity index (χ1) is 13.7. The molecule has 2 aromatic rings. The average Bonchev–Trinajstić information content (AvgIpc) is 2.77. The van der Waals surface area contributed by atoms with Gasteiger partial charge < -0.3 is 19.7 Å². The molecule has 0 aliphatic carbocycles. The van der Waals surface area contributed by atoms with Gasteiger partial charge in [-0.1, -0.05) is 0 Å². The number of aromatic nitrogens is 2. The number of benzene rings is 1. The Hall–Kier alpha value is -2.87. The zero-order valence-corrected chi connectivity index (χ0v) is 16.4. The number of carbonyl (C=O) groups is 1. The number of nitrogens with zero attached hydrogens (tertiary/aromatic N) is 4. The summed E-state index contributed by atoms with van der Waals surface area (Å²) in [5.74, 6) is 1.85. The van der Waals surface area contributed by atoms with Gasteiger partial charge in [0.25, 0.3) is 5.91 Å². The monoisotopic (exact) mass is 385 g/mol. The highest BCUT2D eigenvalue weighted by Gasteiger charge is 2.18. The summed E-state index contributed by atoms with van der Waals surface area (Å²) in [6.07, 6.45) is 4.45. The van der Waals surface area contributed by atoms with E-state index in [1.54, 1.807) is 44.8 Å². The molecule has 2 heterocycles. The van der Waals surface area contributed by atoms with Crippen LogP contribution in [0.4, 0.5) is 5.95 Å². The van der Waals surface area contributed by atoms with E-state index in [4.69, 9.17) is 9.47 Å². The van der Waals surface area contributed by atoms with E-state index in [1.807, 2.05) is 6.07 Å². The molecule has 1 aromatic carbocycles. The van der Waals surface area contributed by atoms with Gasteiger partial charge in [0.1, 0.15) is 0 Å². The Morgan fingerprint density at radius 2 is 1.79 bits per heavy atom. The minimum atomic E-state index is -0.105. The maximum atomic E-state index is 12.3. The standard InChI is InChI=1S/C20H27N5O3/c1-27-17-6-5-16(15-18(17)28-2)19(26)21-9-4-10-24-11-13-25(14-12-24)20-22-7-3-8-23-20/h3,5-8,15H,4,9-14H2,1-2H3,(H,21,26). The Kier molecular flexibility index (Phi) is 7.02. The Morgan fingerprint density at radius 1 is 1.07 bits per heavy atom. The molecule has 0 spiro atoms. The van der Waals surface area contributed by atoms with E-state index < -0.39 is 0 Å². The largest absolute Gasteiger partial charge is 0.493 e. The lowest BCUT2D eigenvalue weighted by molar-refractivity contribution is 0.0951. The quantitative estimate of drug-likeness (QED) is 0.689. The molecule has 8 nitrogen and oxygen atoms in total. The second-order valence-corrected chi connectivity index (χ2v) is 6.56. The highest BCUT2D eigenvalue weighted by molar-refractivity contribution is 5.94. The molecule has 1 aliphatic heterocycles. The second-order valence-electron chi connectivity index (χ2n) is 6.56. The number of rotatable bonds is 8. The van der Waals surface area contributed by atoms with E-state index in [-0.39, 0.29) is 5.91 Å². The van der Waals surface area contributed by atoms with Crippen LogP contribution in [0, 0.1) is 0 Å². The normalized spacial score (nSPS) is 14.6. The molecule has 150 valence electrons. The van der Waals surface area contributed by atoms with Crippen molar-refractivity contribution in [1.29, 1.82) is 0 Å². The number of amides is 1. The van der Waals surface area contributed by atoms with Gasteiger partial charge in [-0.2, -0.15) is 0 Å². The van der Waals surface area contributed by atoms with Crippen molar-refractivity contribution in [2.45, 2.75) is 6.42 Å². The molecule has 1 aromatic heterocycles. The summed E-state index contributed by atoms with van der Waals surface area (Å²) in [7, 11) is 3.13. The first kappa shape index (κ1) is 19.9. The summed E-state index contributed by atoms with van der Waals surface area (Å²) < 4.78 is 10.4. The Bertz CT molecular complexity index is 764. The van der Waals surface area contributed by atoms with Gasteiger partial charge in [-0.15, -0.1) is 0 Å². The van der Waals surface area contributed by atoms with Crippen LogP contribution in [0.1, 0.15) is 16.8 Å². The van der Waals surface area contributed by atoms with Crippen LogP contribution < -0.4 is 19.7 Å². The van der Waals surface area contributed by atoms with Crippen LogP contribution in [0.15, 0.2) is 36.7 Å². The molecule has 0 bridgehead atoms. The minimum absolute atomic E-state index is 0.105. The number of nitrogens with one attached hydrogen (secondary N) is 1. The average molecular weight is 385 g/mol. The molecule has 0 unspecified atom stereocenters. The van der Waals surface area contributed by atoms with Crippen LogP contribution in [0.3, 0.4) is 0 Å². The van der Waals surface area contributed by atoms with E-state index in [0.29, 0.717) is 23.6 Å². The molecule has 28 heavy (non-hydrogen) atoms. The van der Waals surface area contributed by atoms with Crippen molar-refractivity contribution in [3.05, 3.63) is 42.2 Å². The molecule has 1 aliphatic rings. The summed E-state index contributed by atoms with van der Waals surface area (Å²) in [5.41, 5.74) is 0.564. The third kappa shape index (κ3) is 5.10. The fourth-order valence-electron chi connectivity index (χ4n) is 3.21. The zero-order chi connectivity index (χ0) is 19.8. The molecule has 8 heteroatoms. The van der Waals surface area contributed by atoms with Gasteiger partial charge in [-0.05, 0) is 37.2 Å². The topological polar surface area (TPSA) is 79.8 Å². The van der Waals surface area contributed by atoms with Gasteiger partial charge in [0.05, 0.1) is 14.2 Å². The van der Waals surface area contributed by atoms with Crippen molar-refractivity contribution in [2.75, 3.05) is 58.4 Å². The zero-order valence-electron chi connectivity index (χ0n) is 16.4. The smallest absolute Gasteiger partial charge is 0.251 e. The molecule has 3 rings (SSSR count). The fourth-order valence-corrected chi connectivity index (χ4v) is 3.21. The Morgan fingerprint density at radius 3 is 2.46 bits per heavy atom. The predicted molar refractivity (Wildman–Crippen MR) is 107 cm³/mol. The van der Waals surface area contributed by atoms with Crippen molar-refractivity contribution in [3.63, 3.8) is 0 Å². The molecule has 1 saturated heterocycles. The summed E-state index contributed by atoms with van der Waals surface area (Å²) >= 11 is 0. The minimum Gasteiger partial charge on any atom is -0.493 e. The lowest BCUT2D eigenvalue weighted by Crippen LogP contribution is -2.47. The van der Waals surface area contributed by atoms with Crippen LogP contribution in [-0.2, 0) is 0 Å². The summed E-state index contributed by atoms with van der Waals surface area (Å²) in [6, 6.07) is 7.00. The van der Waals surface area contributed by atoms with Gasteiger partial charge >= 0.3 is 0 Å². The van der Waals surface area contributed by atoms with Gasteiger partial charge in [0, 0.05) is 50.7 Å². The van der Waals surface area contributed by atoms with Gasteiger partial charge in [0.15, 0.2) is 11.5 Å². The van der Waals surface area contributed by atoms with Crippen molar-refractivity contribution < 1.29 is 14.3 Å². The number of carbonyl (C=O) groups excluding carboxylic acids is 1. The number of anilines is 1. The molecular formula is C20H27N5O3. The molecule has 0 atom stereocenters. The number of hydrogen-bond acceptors (Lipinski definition) is 7. The van der Waals surface area contributed by atoms with E-state index in [1.165, 1.54) is 0 Å². The second kappa shape index (κ2) is 9.89. The van der Waals surface area contributed by atoms with Crippen LogP contribution in [-0.4, -0.2) is 74.3 Å². The molecular weight excluding hydrogens is 358 g/mol. The highest BCUT2D eigenvalue weighted by Crippen LogP contribution is 2.27. The first-order valence-corrected chi connectivity index (χ1v) is 9.46. The van der Waals surface area contributed by atoms with E-state index in [0.717, 1.165) is 45.1 Å². The number of piperazine rings is 1. The maximum absolute atomic E-state index is 12.3. The van der Waals surface area contributed by atoms with Crippen LogP contribution in [0.5, 0.6) is 11.5 Å². The maximum Gasteiger partial charge on any atom is 0.251 e. The predicted octanol–water partition coefficient (Wildman–Crippen LogP) is 1.44. The van der Waals surface area contributed by atoms with Gasteiger partial charge in [0.2, 0.25) is 5.95 Å². The third-order valence-electron chi connectivity index (χ3n) is 4.79. The Labute approximate surface area is 165 Å². The molecule has 1 N–H and O–H groups in total. The van der Waals surface area contributed by atoms with Crippen LogP contribution >= 0.6 is 0 Å². The molecule has 0 saturated carbocycles. The molecule has 1 fully saturated rings. The molecule has 1 amide bonds. The van der Waals surface area contributed by atoms with Gasteiger partial charge in [-0.3, -0.25) is 9.69 Å². The lowest BCUT2D eigenvalue weighted by Gasteiger charge is -2.34. The highest BCUT2D eigenvalue weighted by atomic mass is 16.5. The molecule has 0 radical (unpaired) electrons.